The van der Waals surface area contributed by atoms with E-state index in [1.807, 2.05) is 0 Å². The molecule has 1 unspecified atom stereocenters. The highest BCUT2D eigenvalue weighted by atomic mass is 32.2. The fraction of sp³-hybridized carbons (Fsp3) is 0.625. The van der Waals surface area contributed by atoms with Gasteiger partial charge in [-0.25, -0.2) is 9.59 Å². The van der Waals surface area contributed by atoms with Crippen LogP contribution in [0.1, 0.15) is 27.2 Å². The summed E-state index contributed by atoms with van der Waals surface area (Å²) in [5.41, 5.74) is 0. The second-order valence-electron chi connectivity index (χ2n) is 6.16. The molecule has 0 saturated carbocycles. The smallest absolute Gasteiger partial charge is 0.440 e. The Morgan fingerprint density at radius 1 is 1.44 bits per heavy atom. The van der Waals surface area contributed by atoms with Crippen molar-refractivity contribution >= 4 is 35.0 Å². The van der Waals surface area contributed by atoms with Crippen LogP contribution in [0, 0.1) is 5.92 Å². The van der Waals surface area contributed by atoms with Gasteiger partial charge in [-0.15, -0.1) is 6.58 Å². The van der Waals surface area contributed by atoms with Crippen molar-refractivity contribution < 1.29 is 33.5 Å². The van der Waals surface area contributed by atoms with Crippen molar-refractivity contribution in [2.45, 2.75) is 39.3 Å². The van der Waals surface area contributed by atoms with Gasteiger partial charge in [-0.2, -0.15) is 9.28 Å². The predicted octanol–water partition coefficient (Wildman–Crippen LogP) is 2.00. The maximum Gasteiger partial charge on any atom is 0.521 e. The maximum atomic E-state index is 12.8. The Labute approximate surface area is 151 Å². The van der Waals surface area contributed by atoms with E-state index in [2.05, 4.69) is 11.9 Å². The van der Waals surface area contributed by atoms with E-state index in [0.29, 0.717) is 0 Å². The number of hydrogen-bond donors (Lipinski definition) is 2. The number of ether oxygens (including phenoxy) is 1. The van der Waals surface area contributed by atoms with Gasteiger partial charge >= 0.3 is 18.1 Å². The number of thioether (sulfide) groups is 1. The van der Waals surface area contributed by atoms with Gasteiger partial charge in [0.15, 0.2) is 11.2 Å². The molecule has 0 spiro atoms. The summed E-state index contributed by atoms with van der Waals surface area (Å²) in [6.45, 7) is 8.25. The topological polar surface area (TPSA) is 110 Å². The Hall–Kier alpha value is -1.87. The van der Waals surface area contributed by atoms with E-state index < -0.39 is 40.6 Å². The molecule has 0 bridgehead atoms. The van der Waals surface area contributed by atoms with E-state index in [9.17, 15) is 24.3 Å². The average molecular weight is 373 g/mol. The molecule has 1 aliphatic heterocycles. The summed E-state index contributed by atoms with van der Waals surface area (Å²) in [5.74, 6) is -0.869. The van der Waals surface area contributed by atoms with Crippen LogP contribution in [-0.4, -0.2) is 63.8 Å². The molecule has 4 atom stereocenters. The molecule has 1 rings (SSSR count). The van der Waals surface area contributed by atoms with E-state index in [1.165, 1.54) is 13.0 Å². The van der Waals surface area contributed by atoms with Gasteiger partial charge in [0.2, 0.25) is 0 Å². The van der Waals surface area contributed by atoms with Crippen molar-refractivity contribution in [3.8, 4) is 0 Å². The lowest BCUT2D eigenvalue weighted by Crippen LogP contribution is -2.61. The Morgan fingerprint density at radius 2 is 2.08 bits per heavy atom. The lowest BCUT2D eigenvalue weighted by molar-refractivity contribution is -0.795. The zero-order chi connectivity index (χ0) is 19.2. The first-order valence-electron chi connectivity index (χ1n) is 7.99. The third-order valence-corrected chi connectivity index (χ3v) is 5.28. The zero-order valence-electron chi connectivity index (χ0n) is 14.7. The number of alkyl carbamates (subject to hydrolysis) is 1. The number of carbonyl (C=O) groups excluding carboxylic acids is 3. The SMILES string of the molecule is C=CCNC(=O)O[C@@H]1C[C@@H](C)[N@@+](C(=O)O)(C(=O)C(C)CSC(C)=O)C1. The largest absolute Gasteiger partial charge is 0.521 e. The zero-order valence-corrected chi connectivity index (χ0v) is 15.5. The van der Waals surface area contributed by atoms with Crippen LogP contribution in [0.4, 0.5) is 9.59 Å². The quantitative estimate of drug-likeness (QED) is 0.541. The normalized spacial score (nSPS) is 26.5. The van der Waals surface area contributed by atoms with Crippen LogP contribution < -0.4 is 5.32 Å². The molecule has 8 nitrogen and oxygen atoms in total. The number of carbonyl (C=O) groups is 4. The Morgan fingerprint density at radius 3 is 2.60 bits per heavy atom. The maximum absolute atomic E-state index is 12.8. The molecule has 1 fully saturated rings. The molecule has 2 N–H and O–H groups in total. The molecule has 0 aliphatic carbocycles. The second-order valence-corrected chi connectivity index (χ2v) is 7.35. The monoisotopic (exact) mass is 373 g/mol. The van der Waals surface area contributed by atoms with Crippen LogP contribution in [0.15, 0.2) is 12.7 Å². The fourth-order valence-corrected chi connectivity index (χ4v) is 3.57. The number of imide groups is 1. The molecule has 1 aliphatic rings. The summed E-state index contributed by atoms with van der Waals surface area (Å²) >= 11 is 0.991. The molecule has 0 aromatic carbocycles. The minimum absolute atomic E-state index is 0.119. The van der Waals surface area contributed by atoms with Crippen molar-refractivity contribution in [2.75, 3.05) is 18.8 Å². The van der Waals surface area contributed by atoms with Gasteiger partial charge in [0.25, 0.3) is 0 Å². The Kier molecular flexibility index (Phi) is 7.62. The molecular weight excluding hydrogens is 348 g/mol. The van der Waals surface area contributed by atoms with Gasteiger partial charge in [-0.05, 0) is 13.8 Å². The van der Waals surface area contributed by atoms with E-state index in [0.717, 1.165) is 11.8 Å². The molecule has 25 heavy (non-hydrogen) atoms. The number of nitrogens with zero attached hydrogens (tertiary/aromatic N) is 1. The van der Waals surface area contributed by atoms with Gasteiger partial charge in [-0.1, -0.05) is 17.8 Å². The van der Waals surface area contributed by atoms with Crippen LogP contribution in [0.5, 0.6) is 0 Å². The number of nitrogens with one attached hydrogen (secondary N) is 1. The molecule has 0 aromatic heterocycles. The summed E-state index contributed by atoms with van der Waals surface area (Å²) in [7, 11) is 0. The van der Waals surface area contributed by atoms with Gasteiger partial charge in [0.05, 0.1) is 5.92 Å². The molecule has 3 amide bonds. The summed E-state index contributed by atoms with van der Waals surface area (Å²) < 4.78 is 4.44. The van der Waals surface area contributed by atoms with Crippen molar-refractivity contribution in [2.24, 2.45) is 5.92 Å². The first-order chi connectivity index (χ1) is 11.6. The summed E-state index contributed by atoms with van der Waals surface area (Å²) in [5, 5.41) is 12.1. The van der Waals surface area contributed by atoms with E-state index in [1.54, 1.807) is 13.8 Å². The van der Waals surface area contributed by atoms with Gasteiger partial charge in [0, 0.05) is 25.6 Å². The predicted molar refractivity (Wildman–Crippen MR) is 93.0 cm³/mol. The Bertz CT molecular complexity index is 567. The van der Waals surface area contributed by atoms with E-state index in [-0.39, 0.29) is 30.4 Å². The van der Waals surface area contributed by atoms with Crippen molar-refractivity contribution in [1.29, 1.82) is 0 Å². The minimum Gasteiger partial charge on any atom is -0.440 e. The van der Waals surface area contributed by atoms with Crippen molar-refractivity contribution in [3.05, 3.63) is 12.7 Å². The molecule has 0 aromatic rings. The number of hydrogen-bond acceptors (Lipinski definition) is 6. The fourth-order valence-electron chi connectivity index (χ4n) is 2.95. The number of amides is 3. The summed E-state index contributed by atoms with van der Waals surface area (Å²) in [4.78, 5) is 47.5. The summed E-state index contributed by atoms with van der Waals surface area (Å²) in [6, 6.07) is -0.535. The summed E-state index contributed by atoms with van der Waals surface area (Å²) in [6.07, 6.45) is -0.849. The molecule has 140 valence electrons. The van der Waals surface area contributed by atoms with Gasteiger partial charge < -0.3 is 15.2 Å². The molecule has 9 heteroatoms. The first-order valence-corrected chi connectivity index (χ1v) is 8.98. The lowest BCUT2D eigenvalue weighted by Gasteiger charge is -2.31. The third-order valence-electron chi connectivity index (χ3n) is 4.21. The van der Waals surface area contributed by atoms with Crippen LogP contribution in [0.2, 0.25) is 0 Å². The highest BCUT2D eigenvalue weighted by Crippen LogP contribution is 2.32. The van der Waals surface area contributed by atoms with Crippen LogP contribution >= 0.6 is 11.8 Å². The third kappa shape index (κ3) is 5.05. The van der Waals surface area contributed by atoms with Crippen molar-refractivity contribution in [1.82, 2.24) is 5.32 Å². The van der Waals surface area contributed by atoms with Gasteiger partial charge in [0.1, 0.15) is 12.6 Å². The number of likely N-dealkylation sites (tertiary alicyclic amines) is 1. The Balaban J connectivity index is 2.88. The first kappa shape index (κ1) is 21.2. The van der Waals surface area contributed by atoms with E-state index >= 15 is 0 Å². The molecular formula is C16H25N2O6S+. The molecule has 1 heterocycles. The standard InChI is InChI=1S/C16H24N2O6S/c1-5-6-17-15(21)24-13-7-11(3)18(8-13,16(22)23)14(20)10(2)9-25-12(4)19/h5,10-11,13H,1,6-9H2,2-4H3,(H-,17,21,22,23)/p+1/t10?,11-,13-,18-/m1/s1. The van der Waals surface area contributed by atoms with Crippen LogP contribution in [0.25, 0.3) is 0 Å². The average Bonchev–Trinajstić information content (AvgIpc) is 2.86. The molecule has 0 radical (unpaired) electrons. The molecule has 1 saturated heterocycles. The number of quaternary nitrogens is 1. The second kappa shape index (κ2) is 9.00. The van der Waals surface area contributed by atoms with Crippen LogP contribution in [-0.2, 0) is 14.3 Å². The highest BCUT2D eigenvalue weighted by Gasteiger charge is 2.58. The van der Waals surface area contributed by atoms with E-state index in [4.69, 9.17) is 4.74 Å². The van der Waals surface area contributed by atoms with Crippen LogP contribution in [0.3, 0.4) is 0 Å². The minimum atomic E-state index is -1.27. The number of carboxylic acid groups (broad SMARTS) is 1. The highest BCUT2D eigenvalue weighted by molar-refractivity contribution is 8.13. The van der Waals surface area contributed by atoms with Gasteiger partial charge in [-0.3, -0.25) is 4.79 Å². The number of rotatable bonds is 6. The van der Waals surface area contributed by atoms with Crippen molar-refractivity contribution in [3.63, 3.8) is 0 Å². The lowest BCUT2D eigenvalue weighted by atomic mass is 10.1.